The van der Waals surface area contributed by atoms with Gasteiger partial charge in [0, 0.05) is 18.0 Å². The zero-order valence-electron chi connectivity index (χ0n) is 12.1. The lowest BCUT2D eigenvalue weighted by Crippen LogP contribution is -2.06. The van der Waals surface area contributed by atoms with Crippen LogP contribution in [0.25, 0.3) is 10.9 Å². The molecule has 0 aliphatic carbocycles. The third kappa shape index (κ3) is 2.62. The SMILES string of the molecule is COc1ncccc1Cn1ccc2cccc(CCN)c21. The van der Waals surface area contributed by atoms with Gasteiger partial charge < -0.3 is 15.0 Å². The van der Waals surface area contributed by atoms with Gasteiger partial charge in [0.1, 0.15) is 0 Å². The third-order valence-corrected chi connectivity index (χ3v) is 3.67. The number of pyridine rings is 1. The van der Waals surface area contributed by atoms with Gasteiger partial charge in [-0.3, -0.25) is 0 Å². The largest absolute Gasteiger partial charge is 0.481 e. The molecule has 1 aromatic carbocycles. The van der Waals surface area contributed by atoms with Crippen LogP contribution in [0.1, 0.15) is 11.1 Å². The molecular weight excluding hydrogens is 262 g/mol. The molecule has 0 bridgehead atoms. The van der Waals surface area contributed by atoms with Gasteiger partial charge in [-0.25, -0.2) is 4.98 Å². The predicted molar refractivity (Wildman–Crippen MR) is 84.6 cm³/mol. The topological polar surface area (TPSA) is 53.1 Å². The maximum absolute atomic E-state index is 5.73. The summed E-state index contributed by atoms with van der Waals surface area (Å²) in [5, 5.41) is 1.24. The predicted octanol–water partition coefficient (Wildman–Crippen LogP) is 2.59. The number of benzene rings is 1. The Morgan fingerprint density at radius 3 is 2.81 bits per heavy atom. The molecule has 4 heteroatoms. The Labute approximate surface area is 124 Å². The minimum atomic E-state index is 0.653. The molecule has 3 rings (SSSR count). The van der Waals surface area contributed by atoms with Gasteiger partial charge in [0.25, 0.3) is 0 Å². The van der Waals surface area contributed by atoms with Gasteiger partial charge in [-0.05, 0) is 36.0 Å². The normalized spacial score (nSPS) is 11.0. The fraction of sp³-hybridized carbons (Fsp3) is 0.235. The second-order valence-electron chi connectivity index (χ2n) is 5.01. The van der Waals surface area contributed by atoms with Gasteiger partial charge >= 0.3 is 0 Å². The number of nitrogens with zero attached hydrogens (tertiary/aromatic N) is 2. The van der Waals surface area contributed by atoms with E-state index in [0.29, 0.717) is 12.4 Å². The highest BCUT2D eigenvalue weighted by molar-refractivity contribution is 5.83. The van der Waals surface area contributed by atoms with Crippen molar-refractivity contribution in [2.24, 2.45) is 5.73 Å². The molecule has 2 heterocycles. The summed E-state index contributed by atoms with van der Waals surface area (Å²) >= 11 is 0. The van der Waals surface area contributed by atoms with E-state index in [9.17, 15) is 0 Å². The fourth-order valence-electron chi connectivity index (χ4n) is 2.74. The number of rotatable bonds is 5. The highest BCUT2D eigenvalue weighted by atomic mass is 16.5. The van der Waals surface area contributed by atoms with Crippen LogP contribution in [0.15, 0.2) is 48.8 Å². The zero-order valence-corrected chi connectivity index (χ0v) is 12.1. The fourth-order valence-corrected chi connectivity index (χ4v) is 2.74. The average molecular weight is 281 g/mol. The number of hydrogen-bond acceptors (Lipinski definition) is 3. The Bertz CT molecular complexity index is 749. The van der Waals surface area contributed by atoms with Crippen LogP contribution in [0, 0.1) is 0 Å². The van der Waals surface area contributed by atoms with Crippen LogP contribution in [-0.4, -0.2) is 23.2 Å². The number of aromatic nitrogens is 2. The van der Waals surface area contributed by atoms with Crippen molar-refractivity contribution < 1.29 is 4.74 Å². The zero-order chi connectivity index (χ0) is 14.7. The Morgan fingerprint density at radius 2 is 2.00 bits per heavy atom. The number of fused-ring (bicyclic) bond motifs is 1. The lowest BCUT2D eigenvalue weighted by Gasteiger charge is -2.11. The molecule has 0 spiro atoms. The lowest BCUT2D eigenvalue weighted by atomic mass is 10.1. The number of para-hydroxylation sites is 1. The maximum Gasteiger partial charge on any atom is 0.218 e. The van der Waals surface area contributed by atoms with Gasteiger partial charge in [0.2, 0.25) is 5.88 Å². The summed E-state index contributed by atoms with van der Waals surface area (Å²) in [6.07, 6.45) is 4.73. The molecule has 0 radical (unpaired) electrons. The van der Waals surface area contributed by atoms with Crippen molar-refractivity contribution in [2.45, 2.75) is 13.0 Å². The minimum Gasteiger partial charge on any atom is -0.481 e. The molecule has 108 valence electrons. The highest BCUT2D eigenvalue weighted by Gasteiger charge is 2.09. The van der Waals surface area contributed by atoms with E-state index in [2.05, 4.69) is 40.0 Å². The summed E-state index contributed by atoms with van der Waals surface area (Å²) < 4.78 is 7.58. The molecule has 0 amide bonds. The van der Waals surface area contributed by atoms with E-state index in [4.69, 9.17) is 10.5 Å². The Balaban J connectivity index is 2.04. The van der Waals surface area contributed by atoms with Crippen molar-refractivity contribution in [3.8, 4) is 5.88 Å². The summed E-state index contributed by atoms with van der Waals surface area (Å²) in [7, 11) is 1.65. The van der Waals surface area contributed by atoms with Crippen LogP contribution in [0.2, 0.25) is 0 Å². The van der Waals surface area contributed by atoms with Gasteiger partial charge in [0.05, 0.1) is 19.2 Å². The molecule has 2 aromatic heterocycles. The van der Waals surface area contributed by atoms with Crippen LogP contribution >= 0.6 is 0 Å². The molecule has 0 aliphatic heterocycles. The Kier molecular flexibility index (Phi) is 3.88. The molecule has 4 nitrogen and oxygen atoms in total. The molecule has 0 saturated carbocycles. The van der Waals surface area contributed by atoms with Crippen LogP contribution in [0.4, 0.5) is 0 Å². The van der Waals surface area contributed by atoms with E-state index in [0.717, 1.165) is 18.5 Å². The molecule has 3 aromatic rings. The lowest BCUT2D eigenvalue weighted by molar-refractivity contribution is 0.391. The first-order valence-corrected chi connectivity index (χ1v) is 7.08. The minimum absolute atomic E-state index is 0.653. The maximum atomic E-state index is 5.73. The Morgan fingerprint density at radius 1 is 1.14 bits per heavy atom. The number of methoxy groups -OCH3 is 1. The first kappa shape index (κ1) is 13.6. The second-order valence-corrected chi connectivity index (χ2v) is 5.01. The van der Waals surface area contributed by atoms with E-state index < -0.39 is 0 Å². The molecule has 21 heavy (non-hydrogen) atoms. The van der Waals surface area contributed by atoms with Gasteiger partial charge in [-0.15, -0.1) is 0 Å². The van der Waals surface area contributed by atoms with Crippen molar-refractivity contribution >= 4 is 10.9 Å². The van der Waals surface area contributed by atoms with E-state index in [1.165, 1.54) is 16.5 Å². The molecule has 0 unspecified atom stereocenters. The average Bonchev–Trinajstić information content (AvgIpc) is 2.92. The molecular formula is C17H19N3O. The van der Waals surface area contributed by atoms with Crippen molar-refractivity contribution in [2.75, 3.05) is 13.7 Å². The van der Waals surface area contributed by atoms with E-state index in [1.807, 2.05) is 12.1 Å². The van der Waals surface area contributed by atoms with Crippen LogP contribution in [0.5, 0.6) is 5.88 Å². The Hall–Kier alpha value is -2.33. The van der Waals surface area contributed by atoms with Gasteiger partial charge in [-0.1, -0.05) is 24.3 Å². The third-order valence-electron chi connectivity index (χ3n) is 3.67. The van der Waals surface area contributed by atoms with Crippen LogP contribution in [0.3, 0.4) is 0 Å². The smallest absolute Gasteiger partial charge is 0.218 e. The van der Waals surface area contributed by atoms with Crippen LogP contribution < -0.4 is 10.5 Å². The van der Waals surface area contributed by atoms with Gasteiger partial charge in [-0.2, -0.15) is 0 Å². The second kappa shape index (κ2) is 5.97. The highest BCUT2D eigenvalue weighted by Crippen LogP contribution is 2.23. The monoisotopic (exact) mass is 281 g/mol. The summed E-state index contributed by atoms with van der Waals surface area (Å²) in [4.78, 5) is 4.26. The molecule has 0 atom stereocenters. The van der Waals surface area contributed by atoms with Crippen molar-refractivity contribution in [3.63, 3.8) is 0 Å². The summed E-state index contributed by atoms with van der Waals surface area (Å²) in [6, 6.07) is 12.5. The first-order chi connectivity index (χ1) is 10.3. The summed E-state index contributed by atoms with van der Waals surface area (Å²) in [6.45, 7) is 1.39. The van der Waals surface area contributed by atoms with E-state index in [1.54, 1.807) is 13.3 Å². The molecule has 0 aliphatic rings. The molecule has 2 N–H and O–H groups in total. The van der Waals surface area contributed by atoms with Crippen molar-refractivity contribution in [1.29, 1.82) is 0 Å². The van der Waals surface area contributed by atoms with E-state index in [-0.39, 0.29) is 0 Å². The standard InChI is InChI=1S/C17H19N3O/c1-21-17-15(6-3-10-19-17)12-20-11-8-14-5-2-4-13(7-9-18)16(14)20/h2-6,8,10-11H,7,9,12,18H2,1H3. The number of nitrogens with two attached hydrogens (primary N) is 1. The van der Waals surface area contributed by atoms with E-state index >= 15 is 0 Å². The van der Waals surface area contributed by atoms with Crippen molar-refractivity contribution in [3.05, 3.63) is 59.9 Å². The summed E-state index contributed by atoms with van der Waals surface area (Å²) in [5.41, 5.74) is 9.32. The van der Waals surface area contributed by atoms with Crippen LogP contribution in [-0.2, 0) is 13.0 Å². The summed E-state index contributed by atoms with van der Waals surface area (Å²) in [5.74, 6) is 0.677. The van der Waals surface area contributed by atoms with Gasteiger partial charge in [0.15, 0.2) is 0 Å². The first-order valence-electron chi connectivity index (χ1n) is 7.08. The number of ether oxygens (including phenoxy) is 1. The number of hydrogen-bond donors (Lipinski definition) is 1. The van der Waals surface area contributed by atoms with Crippen molar-refractivity contribution in [1.82, 2.24) is 9.55 Å². The molecule has 0 fully saturated rings. The molecule has 0 saturated heterocycles. The quantitative estimate of drug-likeness (QED) is 0.782.